The standard InChI is InChI=1S/C22H24N4O4S/c1-28-18-7-5-4-6-17(18)26-14-23-24-22(26)31-13-21(27)25-9-8-15-10-19(29-2)20(30-3)11-16(15)12-25/h4-7,10-11,14H,8-9,12-13H2,1-3H3. The van der Waals surface area contributed by atoms with Crippen molar-refractivity contribution in [2.75, 3.05) is 33.6 Å². The van der Waals surface area contributed by atoms with Crippen LogP contribution in [0.15, 0.2) is 47.9 Å². The molecule has 0 radical (unpaired) electrons. The molecule has 0 saturated carbocycles. The molecule has 0 bridgehead atoms. The summed E-state index contributed by atoms with van der Waals surface area (Å²) in [5.41, 5.74) is 3.10. The van der Waals surface area contributed by atoms with Crippen LogP contribution < -0.4 is 14.2 Å². The van der Waals surface area contributed by atoms with Crippen LogP contribution in [0, 0.1) is 0 Å². The number of hydrogen-bond acceptors (Lipinski definition) is 7. The lowest BCUT2D eigenvalue weighted by atomic mass is 9.99. The summed E-state index contributed by atoms with van der Waals surface area (Å²) >= 11 is 1.36. The van der Waals surface area contributed by atoms with Gasteiger partial charge in [-0.15, -0.1) is 10.2 Å². The number of aromatic nitrogens is 3. The van der Waals surface area contributed by atoms with Gasteiger partial charge in [-0.3, -0.25) is 9.36 Å². The van der Waals surface area contributed by atoms with Crippen LogP contribution in [0.5, 0.6) is 17.2 Å². The van der Waals surface area contributed by atoms with Crippen LogP contribution >= 0.6 is 11.8 Å². The van der Waals surface area contributed by atoms with Crippen LogP contribution in [-0.2, 0) is 17.8 Å². The van der Waals surface area contributed by atoms with Gasteiger partial charge in [-0.1, -0.05) is 23.9 Å². The Balaban J connectivity index is 1.45. The van der Waals surface area contributed by atoms with E-state index in [9.17, 15) is 4.79 Å². The van der Waals surface area contributed by atoms with Gasteiger partial charge >= 0.3 is 0 Å². The van der Waals surface area contributed by atoms with Gasteiger partial charge in [0.2, 0.25) is 5.91 Å². The molecular formula is C22H24N4O4S. The van der Waals surface area contributed by atoms with E-state index in [4.69, 9.17) is 14.2 Å². The maximum Gasteiger partial charge on any atom is 0.233 e. The van der Waals surface area contributed by atoms with Gasteiger partial charge in [-0.25, -0.2) is 0 Å². The van der Waals surface area contributed by atoms with E-state index < -0.39 is 0 Å². The minimum atomic E-state index is 0.0556. The third kappa shape index (κ3) is 4.32. The Bertz CT molecular complexity index is 1090. The maximum absolute atomic E-state index is 12.9. The average molecular weight is 441 g/mol. The van der Waals surface area contributed by atoms with Gasteiger partial charge in [-0.2, -0.15) is 0 Å². The molecule has 0 unspecified atom stereocenters. The molecule has 0 atom stereocenters. The van der Waals surface area contributed by atoms with Crippen LogP contribution in [0.1, 0.15) is 11.1 Å². The second-order valence-electron chi connectivity index (χ2n) is 6.99. The first-order chi connectivity index (χ1) is 15.1. The molecule has 1 aliphatic heterocycles. The van der Waals surface area contributed by atoms with Crippen LogP contribution in [0.3, 0.4) is 0 Å². The van der Waals surface area contributed by atoms with Crippen molar-refractivity contribution in [3.8, 4) is 22.9 Å². The normalized spacial score (nSPS) is 12.9. The Kier molecular flexibility index (Phi) is 6.31. The van der Waals surface area contributed by atoms with E-state index in [1.807, 2.05) is 45.9 Å². The fraction of sp³-hybridized carbons (Fsp3) is 0.318. The molecule has 1 aromatic heterocycles. The van der Waals surface area contributed by atoms with Gasteiger partial charge < -0.3 is 19.1 Å². The van der Waals surface area contributed by atoms with Crippen molar-refractivity contribution in [3.05, 3.63) is 53.9 Å². The largest absolute Gasteiger partial charge is 0.495 e. The minimum absolute atomic E-state index is 0.0556. The second kappa shape index (κ2) is 9.30. The average Bonchev–Trinajstić information content (AvgIpc) is 3.29. The summed E-state index contributed by atoms with van der Waals surface area (Å²) in [7, 11) is 4.87. The smallest absolute Gasteiger partial charge is 0.233 e. The summed E-state index contributed by atoms with van der Waals surface area (Å²) in [6.07, 6.45) is 2.41. The first kappa shape index (κ1) is 21.0. The molecule has 162 valence electrons. The summed E-state index contributed by atoms with van der Waals surface area (Å²) in [5, 5.41) is 8.84. The molecule has 1 amide bonds. The molecule has 31 heavy (non-hydrogen) atoms. The molecule has 0 N–H and O–H groups in total. The quantitative estimate of drug-likeness (QED) is 0.523. The first-order valence-corrected chi connectivity index (χ1v) is 10.8. The number of carbonyl (C=O) groups is 1. The lowest BCUT2D eigenvalue weighted by molar-refractivity contribution is -0.129. The lowest BCUT2D eigenvalue weighted by Crippen LogP contribution is -2.37. The molecular weight excluding hydrogens is 416 g/mol. The van der Waals surface area contributed by atoms with Crippen LogP contribution in [0.25, 0.3) is 5.69 Å². The van der Waals surface area contributed by atoms with Crippen molar-refractivity contribution < 1.29 is 19.0 Å². The number of amides is 1. The lowest BCUT2D eigenvalue weighted by Gasteiger charge is -2.29. The van der Waals surface area contributed by atoms with Gasteiger partial charge in [0.25, 0.3) is 0 Å². The number of fused-ring (bicyclic) bond motifs is 1. The number of hydrogen-bond donors (Lipinski definition) is 0. The topological polar surface area (TPSA) is 78.7 Å². The van der Waals surface area contributed by atoms with Gasteiger partial charge in [0.05, 0.1) is 32.8 Å². The SMILES string of the molecule is COc1cc2c(cc1OC)CN(C(=O)CSc1nncn1-c1ccccc1OC)CC2. The second-order valence-corrected chi connectivity index (χ2v) is 7.93. The Labute approximate surface area is 185 Å². The summed E-state index contributed by atoms with van der Waals surface area (Å²) < 4.78 is 18.1. The number of nitrogens with zero attached hydrogens (tertiary/aromatic N) is 4. The predicted molar refractivity (Wildman–Crippen MR) is 117 cm³/mol. The Morgan fingerprint density at radius 2 is 1.74 bits per heavy atom. The van der Waals surface area contributed by atoms with E-state index >= 15 is 0 Å². The van der Waals surface area contributed by atoms with Crippen molar-refractivity contribution in [2.24, 2.45) is 0 Å². The zero-order chi connectivity index (χ0) is 21.8. The monoisotopic (exact) mass is 440 g/mol. The summed E-state index contributed by atoms with van der Waals surface area (Å²) in [4.78, 5) is 14.8. The van der Waals surface area contributed by atoms with E-state index in [2.05, 4.69) is 10.2 Å². The van der Waals surface area contributed by atoms with Crippen LogP contribution in [0.4, 0.5) is 0 Å². The molecule has 8 nitrogen and oxygen atoms in total. The van der Waals surface area contributed by atoms with Crippen molar-refractivity contribution >= 4 is 17.7 Å². The highest BCUT2D eigenvalue weighted by atomic mass is 32.2. The van der Waals surface area contributed by atoms with Crippen molar-refractivity contribution in [3.63, 3.8) is 0 Å². The van der Waals surface area contributed by atoms with Crippen molar-refractivity contribution in [1.29, 1.82) is 0 Å². The van der Waals surface area contributed by atoms with E-state index in [1.54, 1.807) is 27.7 Å². The number of methoxy groups -OCH3 is 3. The third-order valence-corrected chi connectivity index (χ3v) is 6.18. The summed E-state index contributed by atoms with van der Waals surface area (Å²) in [5.74, 6) is 2.44. The molecule has 2 heterocycles. The van der Waals surface area contributed by atoms with Crippen LogP contribution in [-0.4, -0.2) is 59.2 Å². The van der Waals surface area contributed by atoms with E-state index in [-0.39, 0.29) is 11.7 Å². The summed E-state index contributed by atoms with van der Waals surface area (Å²) in [6.45, 7) is 1.22. The zero-order valence-electron chi connectivity index (χ0n) is 17.7. The number of benzene rings is 2. The van der Waals surface area contributed by atoms with Gasteiger partial charge in [0.15, 0.2) is 16.7 Å². The number of rotatable bonds is 7. The maximum atomic E-state index is 12.9. The number of para-hydroxylation sites is 2. The fourth-order valence-electron chi connectivity index (χ4n) is 3.63. The minimum Gasteiger partial charge on any atom is -0.495 e. The molecule has 0 fully saturated rings. The van der Waals surface area contributed by atoms with E-state index in [1.165, 1.54) is 17.3 Å². The number of ether oxygens (including phenoxy) is 3. The molecule has 4 rings (SSSR count). The predicted octanol–water partition coefficient (Wildman–Crippen LogP) is 2.97. The van der Waals surface area contributed by atoms with E-state index in [0.717, 1.165) is 17.7 Å². The molecule has 0 saturated heterocycles. The molecule has 0 aliphatic carbocycles. The highest BCUT2D eigenvalue weighted by Crippen LogP contribution is 2.33. The first-order valence-electron chi connectivity index (χ1n) is 9.82. The third-order valence-electron chi connectivity index (χ3n) is 5.26. The Morgan fingerprint density at radius 3 is 2.48 bits per heavy atom. The van der Waals surface area contributed by atoms with Gasteiger partial charge in [0, 0.05) is 13.1 Å². The van der Waals surface area contributed by atoms with E-state index in [0.29, 0.717) is 35.5 Å². The molecule has 3 aromatic rings. The van der Waals surface area contributed by atoms with Crippen LogP contribution in [0.2, 0.25) is 0 Å². The number of thioether (sulfide) groups is 1. The Morgan fingerprint density at radius 1 is 1.03 bits per heavy atom. The van der Waals surface area contributed by atoms with Crippen molar-refractivity contribution in [1.82, 2.24) is 19.7 Å². The molecule has 9 heteroatoms. The number of carbonyl (C=O) groups excluding carboxylic acids is 1. The Hall–Kier alpha value is -3.20. The zero-order valence-corrected chi connectivity index (χ0v) is 18.5. The fourth-order valence-corrected chi connectivity index (χ4v) is 4.46. The molecule has 1 aliphatic rings. The molecule has 0 spiro atoms. The van der Waals surface area contributed by atoms with Crippen molar-refractivity contribution in [2.45, 2.75) is 18.1 Å². The highest BCUT2D eigenvalue weighted by molar-refractivity contribution is 7.99. The summed E-state index contributed by atoms with van der Waals surface area (Å²) in [6, 6.07) is 11.6. The molecule has 2 aromatic carbocycles. The van der Waals surface area contributed by atoms with Gasteiger partial charge in [-0.05, 0) is 41.8 Å². The highest BCUT2D eigenvalue weighted by Gasteiger charge is 2.23. The van der Waals surface area contributed by atoms with Gasteiger partial charge in [0.1, 0.15) is 12.1 Å².